The van der Waals surface area contributed by atoms with E-state index in [0.717, 1.165) is 44.5 Å². The van der Waals surface area contributed by atoms with Crippen LogP contribution < -0.4 is 57.8 Å². The third-order valence-corrected chi connectivity index (χ3v) is 18.3. The summed E-state index contributed by atoms with van der Waals surface area (Å²) in [6.07, 6.45) is 2.27. The van der Waals surface area contributed by atoms with Crippen molar-refractivity contribution in [2.45, 2.75) is 105 Å². The molecule has 17 heteroatoms. The van der Waals surface area contributed by atoms with Crippen LogP contribution in [-0.2, 0) is 25.7 Å². The third-order valence-electron chi connectivity index (χ3n) is 18.3. The number of hydrogen-bond donors (Lipinski definition) is 9. The number of anilines is 2. The van der Waals surface area contributed by atoms with Gasteiger partial charge in [-0.1, -0.05) is 140 Å². The number of carboxylic acids is 1. The van der Waals surface area contributed by atoms with E-state index in [2.05, 4.69) is 16.0 Å². The predicted molar refractivity (Wildman–Crippen MR) is 391 cm³/mol. The molecule has 0 radical (unpaired) electrons. The van der Waals surface area contributed by atoms with Gasteiger partial charge in [-0.05, 0) is 187 Å². The van der Waals surface area contributed by atoms with E-state index in [0.29, 0.717) is 80.5 Å². The Morgan fingerprint density at radius 2 is 0.765 bits per heavy atom. The second-order valence-electron chi connectivity index (χ2n) is 26.3. The number of rotatable bonds is 25. The number of carbonyl (C=O) groups excluding carboxylic acids is 3. The molecule has 0 fully saturated rings. The predicted octanol–water partition coefficient (Wildman–Crippen LogP) is 16.7. The number of imide groups is 1. The molecule has 1 heterocycles. The second-order valence-corrected chi connectivity index (χ2v) is 26.3. The molecule has 0 saturated heterocycles. The van der Waals surface area contributed by atoms with Crippen molar-refractivity contribution in [1.82, 2.24) is 5.32 Å². The lowest BCUT2D eigenvalue weighted by molar-refractivity contribution is 0.0692. The smallest absolute Gasteiger partial charge is 0.340 e. The lowest BCUT2D eigenvalue weighted by atomic mass is 9.80. The molecule has 0 saturated carbocycles. The number of amidine groups is 1. The molecule has 0 spiro atoms. The molecular formula is C81H82N8O9. The Balaban J connectivity index is 1.37. The topological polar surface area (TPSA) is 289 Å². The van der Waals surface area contributed by atoms with E-state index in [-0.39, 0.29) is 124 Å². The number of benzene rings is 11. The number of amides is 3. The molecule has 12 rings (SSSR count). The summed E-state index contributed by atoms with van der Waals surface area (Å²) >= 11 is 0. The van der Waals surface area contributed by atoms with Crippen molar-refractivity contribution in [3.05, 3.63) is 224 Å². The van der Waals surface area contributed by atoms with Gasteiger partial charge in [0.05, 0.1) is 16.7 Å². The number of carboxylic acid groups (broad SMARTS) is 1. The highest BCUT2D eigenvalue weighted by atomic mass is 16.5. The first kappa shape index (κ1) is 67.3. The standard InChI is InChI=1S/C81H82N8O9/c1-42(2)54-11-9-12-55(43(3)4)74(54)87-77(86)72-65-60(78(90)88-75-56(44(5)6)13-10-14-57(75)45(7)8)41-62(96-51-25-17-47(18-26-51)32-36-83)67-66-61(95-50-23-15-46(16-24-50)31-35-82)39-58-64-59(80(92)89-79(58)91)40-63(97-52-27-19-48(20-28-52)33-37-84)68(69(64)66)71(70(65)67)76(73(72)81(93)94)98-53-29-21-49(22-30-53)34-38-85/h9-30,39-45H,31-38,82-85H2,1-8H3,(H2,86,87)(H,88,90)(H,93,94)(H,89,91,92). The molecule has 0 aliphatic carbocycles. The number of aromatic carboxylic acids is 1. The van der Waals surface area contributed by atoms with E-state index in [1.165, 1.54) is 0 Å². The number of nitrogens with two attached hydrogens (primary N) is 4. The van der Waals surface area contributed by atoms with Crippen LogP contribution in [0.3, 0.4) is 0 Å². The maximum absolute atomic E-state index is 16.8. The van der Waals surface area contributed by atoms with Crippen molar-refractivity contribution in [1.29, 1.82) is 5.41 Å². The Labute approximate surface area is 569 Å². The van der Waals surface area contributed by atoms with E-state index in [1.807, 2.05) is 140 Å². The van der Waals surface area contributed by atoms with E-state index in [9.17, 15) is 20.1 Å². The number of carbonyl (C=O) groups is 4. The molecular weight excluding hydrogens is 1230 g/mol. The zero-order chi connectivity index (χ0) is 69.4. The van der Waals surface area contributed by atoms with E-state index >= 15 is 9.59 Å². The van der Waals surface area contributed by atoms with Crippen LogP contribution in [0.1, 0.15) is 171 Å². The van der Waals surface area contributed by atoms with Crippen molar-refractivity contribution < 1.29 is 43.2 Å². The summed E-state index contributed by atoms with van der Waals surface area (Å²) in [6, 6.07) is 45.8. The maximum Gasteiger partial charge on any atom is 0.340 e. The fourth-order valence-corrected chi connectivity index (χ4v) is 13.6. The average molecular weight is 1310 g/mol. The normalized spacial score (nSPS) is 12.2. The zero-order valence-electron chi connectivity index (χ0n) is 56.4. The van der Waals surface area contributed by atoms with Gasteiger partial charge in [0.25, 0.3) is 17.7 Å². The van der Waals surface area contributed by atoms with Gasteiger partial charge in [-0.15, -0.1) is 0 Å². The minimum Gasteiger partial charge on any atom is -0.478 e. The zero-order valence-corrected chi connectivity index (χ0v) is 56.4. The quantitative estimate of drug-likeness (QED) is 0.00846. The summed E-state index contributed by atoms with van der Waals surface area (Å²) in [5, 5.41) is 34.2. The number of hydrogen-bond acceptors (Lipinski definition) is 13. The van der Waals surface area contributed by atoms with Crippen LogP contribution in [0.2, 0.25) is 0 Å². The summed E-state index contributed by atoms with van der Waals surface area (Å²) in [6.45, 7) is 17.9. The molecule has 1 aliphatic heterocycles. The Morgan fingerprint density at radius 1 is 0.429 bits per heavy atom. The Morgan fingerprint density at radius 3 is 1.12 bits per heavy atom. The molecule has 98 heavy (non-hydrogen) atoms. The Kier molecular flexibility index (Phi) is 19.3. The van der Waals surface area contributed by atoms with Gasteiger partial charge in [-0.25, -0.2) is 4.79 Å². The largest absolute Gasteiger partial charge is 0.478 e. The minimum atomic E-state index is -1.53. The summed E-state index contributed by atoms with van der Waals surface area (Å²) in [5.41, 5.74) is 31.8. The average Bonchev–Trinajstić information content (AvgIpc) is 0.673. The molecule has 0 unspecified atom stereocenters. The highest BCUT2D eigenvalue weighted by molar-refractivity contribution is 6.45. The van der Waals surface area contributed by atoms with Crippen LogP contribution in [0.5, 0.6) is 46.0 Å². The Bertz CT molecular complexity index is 4860. The van der Waals surface area contributed by atoms with Crippen molar-refractivity contribution in [3.8, 4) is 46.0 Å². The maximum atomic E-state index is 16.8. The third kappa shape index (κ3) is 12.8. The molecule has 17 nitrogen and oxygen atoms in total. The molecule has 500 valence electrons. The first-order valence-electron chi connectivity index (χ1n) is 33.5. The summed E-state index contributed by atoms with van der Waals surface area (Å²) in [5.74, 6) is -3.25. The Hall–Kier alpha value is -10.7. The molecule has 1 aliphatic rings. The number of fused-ring (bicyclic) bond motifs is 2. The van der Waals surface area contributed by atoms with Gasteiger partial charge in [0.15, 0.2) is 5.75 Å². The fourth-order valence-electron chi connectivity index (χ4n) is 13.6. The minimum absolute atomic E-state index is 0.00183. The van der Waals surface area contributed by atoms with Crippen LogP contribution in [0.25, 0.3) is 43.1 Å². The van der Waals surface area contributed by atoms with E-state index in [1.54, 1.807) is 66.7 Å². The van der Waals surface area contributed by atoms with Crippen molar-refractivity contribution in [3.63, 3.8) is 0 Å². The van der Waals surface area contributed by atoms with Crippen LogP contribution >= 0.6 is 0 Å². The van der Waals surface area contributed by atoms with Crippen molar-refractivity contribution in [2.24, 2.45) is 22.9 Å². The summed E-state index contributed by atoms with van der Waals surface area (Å²) in [7, 11) is 0. The second kappa shape index (κ2) is 28.2. The molecule has 11 aromatic rings. The molecule has 0 bridgehead atoms. The van der Waals surface area contributed by atoms with Gasteiger partial charge in [0.2, 0.25) is 0 Å². The van der Waals surface area contributed by atoms with Gasteiger partial charge < -0.3 is 57.6 Å². The van der Waals surface area contributed by atoms with Crippen molar-refractivity contribution in [2.75, 3.05) is 36.8 Å². The highest BCUT2D eigenvalue weighted by Crippen LogP contribution is 2.58. The molecule has 3 amide bonds. The summed E-state index contributed by atoms with van der Waals surface area (Å²) in [4.78, 5) is 62.1. The number of nitrogens with one attached hydrogen (secondary N) is 4. The van der Waals surface area contributed by atoms with Crippen molar-refractivity contribution >= 4 is 84.0 Å². The molecule has 0 atom stereocenters. The first-order valence-corrected chi connectivity index (χ1v) is 33.5. The van der Waals surface area contributed by atoms with Gasteiger partial charge in [-0.3, -0.25) is 25.1 Å². The molecule has 11 aromatic carbocycles. The SMILES string of the molecule is CC(C)c1cccc(C(C)C)c1NC(=N)c1c(C(=O)O)c(Oc2ccc(CCN)cc2)c2c3c(Oc4ccc(CCN)cc4)cc4c5c(cc(Oc6ccc(CCN)cc6)c(c6c(Oc7ccc(CCN)cc7)cc(C(=O)Nc7c(C(C)C)cccc7C(C)C)c1c62)c53)C(=O)NC4=O. The first-order chi connectivity index (χ1) is 47.2. The van der Waals surface area contributed by atoms with Crippen LogP contribution in [0, 0.1) is 5.41 Å². The monoisotopic (exact) mass is 1310 g/mol. The molecule has 0 aromatic heterocycles. The van der Waals surface area contributed by atoms with Gasteiger partial charge in [0.1, 0.15) is 51.6 Å². The molecule has 13 N–H and O–H groups in total. The number of para-hydroxylation sites is 2. The van der Waals surface area contributed by atoms with Gasteiger partial charge >= 0.3 is 5.97 Å². The van der Waals surface area contributed by atoms with E-state index < -0.39 is 29.3 Å². The lowest BCUT2D eigenvalue weighted by Crippen LogP contribution is -2.34. The highest BCUT2D eigenvalue weighted by Gasteiger charge is 2.39. The van der Waals surface area contributed by atoms with Crippen LogP contribution in [-0.4, -0.2) is 60.8 Å². The van der Waals surface area contributed by atoms with Crippen LogP contribution in [0.15, 0.2) is 152 Å². The summed E-state index contributed by atoms with van der Waals surface area (Å²) < 4.78 is 29.0. The van der Waals surface area contributed by atoms with Crippen LogP contribution in [0.4, 0.5) is 11.4 Å². The fraction of sp³-hybridized carbons (Fsp3) is 0.247. The van der Waals surface area contributed by atoms with Gasteiger partial charge in [0, 0.05) is 60.0 Å². The van der Waals surface area contributed by atoms with E-state index in [4.69, 9.17) is 41.9 Å². The lowest BCUT2D eigenvalue weighted by Gasteiger charge is -2.29. The van der Waals surface area contributed by atoms with Gasteiger partial charge in [-0.2, -0.15) is 0 Å². The number of ether oxygens (including phenoxy) is 4.